The second kappa shape index (κ2) is 4.20. The molecular weight excluding hydrogens is 127 g/mol. The van der Waals surface area contributed by atoms with E-state index < -0.39 is 0 Å². The zero-order valence-corrected chi connectivity index (χ0v) is 4.64. The van der Waals surface area contributed by atoms with Crippen molar-refractivity contribution < 1.29 is 9.59 Å². The summed E-state index contributed by atoms with van der Waals surface area (Å²) in [5.41, 5.74) is 0. The van der Waals surface area contributed by atoms with Gasteiger partial charge in [0, 0.05) is 12.8 Å². The molecule has 0 saturated heterocycles. The fourth-order valence-electron chi connectivity index (χ4n) is 0.850. The molecule has 0 aromatic heterocycles. The topological polar surface area (TPSA) is 34.1 Å². The molecule has 2 nitrogen and oxygen atoms in total. The van der Waals surface area contributed by atoms with Gasteiger partial charge in [-0.15, -0.1) is 0 Å². The van der Waals surface area contributed by atoms with Crippen LogP contribution < -0.4 is 0 Å². The normalized spacial score (nSPS) is 19.1. The van der Waals surface area contributed by atoms with Gasteiger partial charge in [0.25, 0.3) is 0 Å². The Morgan fingerprint density at radius 2 is 1.22 bits per heavy atom. The Labute approximate surface area is 76.3 Å². The van der Waals surface area contributed by atoms with Gasteiger partial charge >= 0.3 is 29.6 Å². The van der Waals surface area contributed by atoms with Crippen LogP contribution in [0.3, 0.4) is 0 Å². The molecule has 0 aliphatic heterocycles. The molecule has 1 fully saturated rings. The quantitative estimate of drug-likeness (QED) is 0.348. The summed E-state index contributed by atoms with van der Waals surface area (Å²) in [6.07, 6.45) is 2.78. The van der Waals surface area contributed by atoms with Gasteiger partial charge in [-0.05, 0) is 12.8 Å². The van der Waals surface area contributed by atoms with Gasteiger partial charge in [-0.3, -0.25) is 9.59 Å². The maximum absolute atomic E-state index is 10.4. The minimum atomic E-state index is -0.170. The van der Waals surface area contributed by atoms with E-state index in [0.29, 0.717) is 12.8 Å². The SMILES string of the molecule is O=C1CCCCC1=O.[NaH]. The van der Waals surface area contributed by atoms with Crippen LogP contribution in [-0.2, 0) is 9.59 Å². The average molecular weight is 136 g/mol. The van der Waals surface area contributed by atoms with Gasteiger partial charge < -0.3 is 0 Å². The van der Waals surface area contributed by atoms with E-state index in [2.05, 4.69) is 0 Å². The molecule has 3 heteroatoms. The molecule has 0 aromatic rings. The van der Waals surface area contributed by atoms with Crippen molar-refractivity contribution in [2.75, 3.05) is 0 Å². The summed E-state index contributed by atoms with van der Waals surface area (Å²) in [6.45, 7) is 0. The van der Waals surface area contributed by atoms with Crippen molar-refractivity contribution in [3.63, 3.8) is 0 Å². The van der Waals surface area contributed by atoms with Crippen LogP contribution in [0.2, 0.25) is 0 Å². The van der Waals surface area contributed by atoms with Gasteiger partial charge in [-0.1, -0.05) is 0 Å². The Morgan fingerprint density at radius 1 is 0.889 bits per heavy atom. The van der Waals surface area contributed by atoms with Crippen molar-refractivity contribution in [3.8, 4) is 0 Å². The van der Waals surface area contributed by atoms with Crippen LogP contribution in [0.5, 0.6) is 0 Å². The van der Waals surface area contributed by atoms with Crippen molar-refractivity contribution in [1.29, 1.82) is 0 Å². The summed E-state index contributed by atoms with van der Waals surface area (Å²) in [5, 5.41) is 0. The monoisotopic (exact) mass is 136 g/mol. The molecule has 0 amide bonds. The molecule has 0 heterocycles. The van der Waals surface area contributed by atoms with Gasteiger partial charge in [0.1, 0.15) is 0 Å². The van der Waals surface area contributed by atoms with Crippen molar-refractivity contribution in [2.45, 2.75) is 25.7 Å². The maximum atomic E-state index is 10.4. The van der Waals surface area contributed by atoms with Crippen molar-refractivity contribution in [3.05, 3.63) is 0 Å². The summed E-state index contributed by atoms with van der Waals surface area (Å²) in [7, 11) is 0. The zero-order valence-electron chi connectivity index (χ0n) is 4.64. The first-order chi connectivity index (χ1) is 3.80. The molecule has 0 aromatic carbocycles. The van der Waals surface area contributed by atoms with Crippen molar-refractivity contribution >= 4 is 41.1 Å². The minimum absolute atomic E-state index is 0. The summed E-state index contributed by atoms with van der Waals surface area (Å²) in [4.78, 5) is 20.9. The number of hydrogen-bond donors (Lipinski definition) is 0. The Hall–Kier alpha value is 0.340. The molecule has 1 aliphatic carbocycles. The van der Waals surface area contributed by atoms with Crippen LogP contribution in [0, 0.1) is 0 Å². The van der Waals surface area contributed by atoms with Gasteiger partial charge in [-0.2, -0.15) is 0 Å². The summed E-state index contributed by atoms with van der Waals surface area (Å²) < 4.78 is 0. The molecule has 46 valence electrons. The molecule has 0 radical (unpaired) electrons. The van der Waals surface area contributed by atoms with Gasteiger partial charge in [0.2, 0.25) is 0 Å². The van der Waals surface area contributed by atoms with Gasteiger partial charge in [0.15, 0.2) is 11.6 Å². The molecule has 1 saturated carbocycles. The number of ketones is 2. The predicted molar refractivity (Wildman–Crippen MR) is 35.6 cm³/mol. The van der Waals surface area contributed by atoms with E-state index in [-0.39, 0.29) is 41.1 Å². The first-order valence-electron chi connectivity index (χ1n) is 2.87. The average Bonchev–Trinajstić information content (AvgIpc) is 1.77. The van der Waals surface area contributed by atoms with Crippen molar-refractivity contribution in [1.82, 2.24) is 0 Å². The van der Waals surface area contributed by atoms with E-state index in [1.165, 1.54) is 0 Å². The summed E-state index contributed by atoms with van der Waals surface area (Å²) >= 11 is 0. The summed E-state index contributed by atoms with van der Waals surface area (Å²) in [5.74, 6) is -0.340. The predicted octanol–water partition coefficient (Wildman–Crippen LogP) is 0.0501. The molecule has 0 bridgehead atoms. The van der Waals surface area contributed by atoms with Crippen molar-refractivity contribution in [2.24, 2.45) is 0 Å². The first-order valence-corrected chi connectivity index (χ1v) is 2.87. The molecule has 0 spiro atoms. The molecule has 9 heavy (non-hydrogen) atoms. The van der Waals surface area contributed by atoms with E-state index in [4.69, 9.17) is 0 Å². The number of Topliss-reactive ketones (excluding diaryl/α,β-unsaturated/α-hetero) is 2. The standard InChI is InChI=1S/C6H8O2.Na.H/c7-5-3-1-2-4-6(5)8;;/h1-4H2;;. The van der Waals surface area contributed by atoms with Crippen LogP contribution >= 0.6 is 0 Å². The first kappa shape index (κ1) is 9.34. The van der Waals surface area contributed by atoms with E-state index in [1.807, 2.05) is 0 Å². The van der Waals surface area contributed by atoms with Crippen LogP contribution in [-0.4, -0.2) is 41.1 Å². The zero-order chi connectivity index (χ0) is 5.98. The number of carbonyl (C=O) groups excluding carboxylic acids is 2. The van der Waals surface area contributed by atoms with Gasteiger partial charge in [0.05, 0.1) is 0 Å². The third kappa shape index (κ3) is 2.61. The molecular formula is C6H9NaO2. The Kier molecular flexibility index (Phi) is 4.36. The number of rotatable bonds is 0. The molecule has 0 N–H and O–H groups in total. The van der Waals surface area contributed by atoms with E-state index in [1.54, 1.807) is 0 Å². The molecule has 1 rings (SSSR count). The van der Waals surface area contributed by atoms with Crippen LogP contribution in [0.4, 0.5) is 0 Å². The Morgan fingerprint density at radius 3 is 1.44 bits per heavy atom. The Balaban J connectivity index is 0.000000640. The van der Waals surface area contributed by atoms with Crippen LogP contribution in [0.1, 0.15) is 25.7 Å². The second-order valence-corrected chi connectivity index (χ2v) is 2.05. The number of hydrogen-bond acceptors (Lipinski definition) is 2. The molecule has 0 atom stereocenters. The Bertz CT molecular complexity index is 115. The summed E-state index contributed by atoms with van der Waals surface area (Å²) in [6, 6.07) is 0. The van der Waals surface area contributed by atoms with Crippen LogP contribution in [0.15, 0.2) is 0 Å². The molecule has 0 unspecified atom stereocenters. The van der Waals surface area contributed by atoms with E-state index in [0.717, 1.165) is 12.8 Å². The fraction of sp³-hybridized carbons (Fsp3) is 0.667. The van der Waals surface area contributed by atoms with E-state index >= 15 is 0 Å². The van der Waals surface area contributed by atoms with E-state index in [9.17, 15) is 9.59 Å². The number of carbonyl (C=O) groups is 2. The van der Waals surface area contributed by atoms with Gasteiger partial charge in [-0.25, -0.2) is 0 Å². The van der Waals surface area contributed by atoms with Crippen LogP contribution in [0.25, 0.3) is 0 Å². The second-order valence-electron chi connectivity index (χ2n) is 2.05. The molecule has 1 aliphatic rings. The third-order valence-corrected chi connectivity index (χ3v) is 1.37. The third-order valence-electron chi connectivity index (χ3n) is 1.37. The fourth-order valence-corrected chi connectivity index (χ4v) is 0.850.